The molecule has 2 N–H and O–H groups in total. The van der Waals surface area contributed by atoms with E-state index in [0.29, 0.717) is 17.1 Å². The zero-order valence-electron chi connectivity index (χ0n) is 18.9. The lowest BCUT2D eigenvalue weighted by molar-refractivity contribution is 0.397. The van der Waals surface area contributed by atoms with Crippen molar-refractivity contribution < 1.29 is 13.2 Å². The first kappa shape index (κ1) is 23.3. The molecule has 0 bridgehead atoms. The van der Waals surface area contributed by atoms with E-state index in [-0.39, 0.29) is 11.0 Å². The molecule has 1 heterocycles. The number of aromatic nitrogens is 1. The molecule has 6 nitrogen and oxygen atoms in total. The van der Waals surface area contributed by atoms with Crippen LogP contribution < -0.4 is 15.0 Å². The Bertz CT molecular complexity index is 1300. The van der Waals surface area contributed by atoms with E-state index in [4.69, 9.17) is 4.74 Å². The van der Waals surface area contributed by atoms with Gasteiger partial charge in [-0.05, 0) is 58.0 Å². The molecule has 0 aliphatic carbocycles. The highest BCUT2D eigenvalue weighted by Crippen LogP contribution is 2.29. The Kier molecular flexibility index (Phi) is 6.60. The van der Waals surface area contributed by atoms with Gasteiger partial charge in [-0.25, -0.2) is 8.42 Å². The first-order chi connectivity index (χ1) is 14.9. The monoisotopic (exact) mass is 452 g/mol. The van der Waals surface area contributed by atoms with E-state index in [2.05, 4.69) is 36.5 Å². The summed E-state index contributed by atoms with van der Waals surface area (Å²) < 4.78 is 30.3. The van der Waals surface area contributed by atoms with Gasteiger partial charge in [-0.3, -0.25) is 14.5 Å². The number of benzene rings is 2. The van der Waals surface area contributed by atoms with Gasteiger partial charge in [0.1, 0.15) is 0 Å². The molecule has 0 saturated carbocycles. The first-order valence-corrected chi connectivity index (χ1v) is 12.0. The Morgan fingerprint density at radius 1 is 0.938 bits per heavy atom. The number of sulfonamides is 1. The molecule has 0 spiro atoms. The molecule has 32 heavy (non-hydrogen) atoms. The third kappa shape index (κ3) is 6.11. The molecule has 168 valence electrons. The third-order valence-corrected chi connectivity index (χ3v) is 5.52. The molecule has 3 aromatic rings. The predicted octanol–water partition coefficient (Wildman–Crippen LogP) is 4.89. The average Bonchev–Trinajstić information content (AvgIpc) is 2.71. The van der Waals surface area contributed by atoms with Crippen LogP contribution in [-0.4, -0.2) is 26.8 Å². The van der Waals surface area contributed by atoms with Crippen molar-refractivity contribution in [1.29, 1.82) is 0 Å². The Hall–Kier alpha value is -3.32. The van der Waals surface area contributed by atoms with Crippen molar-refractivity contribution >= 4 is 27.9 Å². The highest BCUT2D eigenvalue weighted by atomic mass is 32.2. The summed E-state index contributed by atoms with van der Waals surface area (Å²) in [4.78, 5) is 15.3. The topological polar surface area (TPSA) is 88.3 Å². The fourth-order valence-corrected chi connectivity index (χ4v) is 3.77. The van der Waals surface area contributed by atoms with Crippen LogP contribution in [0, 0.1) is 0 Å². The van der Waals surface area contributed by atoms with E-state index in [1.165, 1.54) is 7.11 Å². The van der Waals surface area contributed by atoms with Crippen LogP contribution in [0.4, 0.5) is 5.69 Å². The number of anilines is 1. The highest BCUT2D eigenvalue weighted by molar-refractivity contribution is 7.92. The molecule has 0 saturated heterocycles. The summed E-state index contributed by atoms with van der Waals surface area (Å²) in [5.74, 6) is 0.416. The van der Waals surface area contributed by atoms with Crippen molar-refractivity contribution in [2.75, 3.05) is 18.1 Å². The van der Waals surface area contributed by atoms with Crippen LogP contribution in [0.15, 0.2) is 59.4 Å². The average molecular weight is 453 g/mol. The molecule has 0 aliphatic heterocycles. The van der Waals surface area contributed by atoms with Gasteiger partial charge in [-0.15, -0.1) is 0 Å². The Morgan fingerprint density at radius 2 is 1.59 bits per heavy atom. The fraction of sp³-hybridized carbons (Fsp3) is 0.240. The van der Waals surface area contributed by atoms with E-state index in [9.17, 15) is 13.2 Å². The van der Waals surface area contributed by atoms with Gasteiger partial charge in [-0.1, -0.05) is 57.2 Å². The summed E-state index contributed by atoms with van der Waals surface area (Å²) in [6.07, 6.45) is 5.05. The number of aromatic amines is 1. The summed E-state index contributed by atoms with van der Waals surface area (Å²) in [6, 6.07) is 16.7. The summed E-state index contributed by atoms with van der Waals surface area (Å²) in [5, 5.41) is 0. The number of rotatable bonds is 6. The smallest absolute Gasteiger partial charge is 0.258 e. The van der Waals surface area contributed by atoms with Crippen LogP contribution in [0.25, 0.3) is 23.3 Å². The first-order valence-electron chi connectivity index (χ1n) is 10.1. The molecule has 0 amide bonds. The second-order valence-corrected chi connectivity index (χ2v) is 10.4. The van der Waals surface area contributed by atoms with Crippen molar-refractivity contribution in [3.05, 3.63) is 81.6 Å². The van der Waals surface area contributed by atoms with E-state index in [1.54, 1.807) is 24.3 Å². The summed E-state index contributed by atoms with van der Waals surface area (Å²) in [7, 11) is -1.80. The molecule has 0 radical (unpaired) electrons. The molecular weight excluding hydrogens is 424 g/mol. The minimum Gasteiger partial charge on any atom is -0.482 e. The number of ether oxygens (including phenoxy) is 1. The highest BCUT2D eigenvalue weighted by Gasteiger charge is 2.16. The maximum atomic E-state index is 12.6. The predicted molar refractivity (Wildman–Crippen MR) is 132 cm³/mol. The quantitative estimate of drug-likeness (QED) is 0.521. The van der Waals surface area contributed by atoms with Gasteiger partial charge in [0.2, 0.25) is 10.0 Å². The minimum absolute atomic E-state index is 0.100. The maximum Gasteiger partial charge on any atom is 0.258 e. The molecule has 3 rings (SSSR count). The second kappa shape index (κ2) is 9.04. The molecule has 0 fully saturated rings. The Balaban J connectivity index is 1.97. The van der Waals surface area contributed by atoms with Crippen LogP contribution in [0.3, 0.4) is 0 Å². The van der Waals surface area contributed by atoms with Crippen molar-refractivity contribution in [3.8, 4) is 17.0 Å². The maximum absolute atomic E-state index is 12.6. The van der Waals surface area contributed by atoms with Gasteiger partial charge in [0.15, 0.2) is 5.88 Å². The summed E-state index contributed by atoms with van der Waals surface area (Å²) in [5.41, 5.74) is 4.60. The number of nitrogens with one attached hydrogen (secondary N) is 2. The van der Waals surface area contributed by atoms with Gasteiger partial charge in [-0.2, -0.15) is 0 Å². The van der Waals surface area contributed by atoms with Crippen molar-refractivity contribution in [1.82, 2.24) is 4.98 Å². The van der Waals surface area contributed by atoms with Crippen LogP contribution in [-0.2, 0) is 15.4 Å². The molecule has 0 aliphatic rings. The fourth-order valence-electron chi connectivity index (χ4n) is 3.21. The SMILES string of the molecule is COc1ccc(-c2cc(C=Cc3ccc(NS(C)(=O)=O)cc3)cc(C(C)(C)C)c2)c(=O)[nH]1. The van der Waals surface area contributed by atoms with Gasteiger partial charge in [0.25, 0.3) is 5.56 Å². The van der Waals surface area contributed by atoms with Crippen molar-refractivity contribution in [3.63, 3.8) is 0 Å². The van der Waals surface area contributed by atoms with Crippen molar-refractivity contribution in [2.45, 2.75) is 26.2 Å². The van der Waals surface area contributed by atoms with Crippen molar-refractivity contribution in [2.24, 2.45) is 0 Å². The van der Waals surface area contributed by atoms with Crippen LogP contribution in [0.1, 0.15) is 37.5 Å². The lowest BCUT2D eigenvalue weighted by Gasteiger charge is -2.21. The lowest BCUT2D eigenvalue weighted by atomic mass is 9.84. The van der Waals surface area contributed by atoms with Gasteiger partial charge >= 0.3 is 0 Å². The number of pyridine rings is 1. The lowest BCUT2D eigenvalue weighted by Crippen LogP contribution is -2.13. The second-order valence-electron chi connectivity index (χ2n) is 8.69. The van der Waals surface area contributed by atoms with E-state index >= 15 is 0 Å². The van der Waals surface area contributed by atoms with E-state index < -0.39 is 10.0 Å². The molecule has 7 heteroatoms. The van der Waals surface area contributed by atoms with Crippen LogP contribution >= 0.6 is 0 Å². The van der Waals surface area contributed by atoms with Crippen LogP contribution in [0.5, 0.6) is 5.88 Å². The number of methoxy groups -OCH3 is 1. The number of H-pyrrole nitrogens is 1. The Labute approximate surface area is 189 Å². The number of hydrogen-bond donors (Lipinski definition) is 2. The molecular formula is C25H28N2O4S. The zero-order chi connectivity index (χ0) is 23.5. The Morgan fingerprint density at radius 3 is 2.16 bits per heavy atom. The molecule has 2 aromatic carbocycles. The van der Waals surface area contributed by atoms with Crippen LogP contribution in [0.2, 0.25) is 0 Å². The molecule has 1 aromatic heterocycles. The summed E-state index contributed by atoms with van der Waals surface area (Å²) >= 11 is 0. The van der Waals surface area contributed by atoms with Gasteiger partial charge in [0, 0.05) is 11.3 Å². The van der Waals surface area contributed by atoms with E-state index in [1.807, 2.05) is 36.4 Å². The zero-order valence-corrected chi connectivity index (χ0v) is 19.7. The minimum atomic E-state index is -3.31. The normalized spacial score (nSPS) is 12.2. The number of hydrogen-bond acceptors (Lipinski definition) is 4. The van der Waals surface area contributed by atoms with Gasteiger partial charge in [0.05, 0.1) is 13.4 Å². The third-order valence-electron chi connectivity index (χ3n) is 4.92. The van der Waals surface area contributed by atoms with E-state index in [0.717, 1.165) is 28.5 Å². The standard InChI is InChI=1S/C25H28N2O4S/c1-25(2,3)20-15-18(7-6-17-8-10-21(11-9-17)27-32(5,29)30)14-19(16-20)22-12-13-23(31-4)26-24(22)28/h6-16,27H,1-5H3,(H,26,28). The summed E-state index contributed by atoms with van der Waals surface area (Å²) in [6.45, 7) is 6.39. The largest absolute Gasteiger partial charge is 0.482 e. The van der Waals surface area contributed by atoms with Gasteiger partial charge < -0.3 is 4.74 Å². The molecule has 0 unspecified atom stereocenters. The molecule has 0 atom stereocenters.